The lowest BCUT2D eigenvalue weighted by molar-refractivity contribution is 0.0908. The van der Waals surface area contributed by atoms with E-state index in [0.29, 0.717) is 0 Å². The number of hydrogen-bond donors (Lipinski definition) is 0. The summed E-state index contributed by atoms with van der Waals surface area (Å²) in [5.41, 5.74) is 1.78. The number of unbranched alkanes of at least 4 members (excludes halogenated alkanes) is 1. The lowest BCUT2D eigenvalue weighted by atomic mass is 9.90. The van der Waals surface area contributed by atoms with Crippen molar-refractivity contribution in [1.29, 1.82) is 0 Å². The first-order valence-corrected chi connectivity index (χ1v) is 6.78. The van der Waals surface area contributed by atoms with E-state index in [1.54, 1.807) is 0 Å². The normalized spacial score (nSPS) is 12.5. The summed E-state index contributed by atoms with van der Waals surface area (Å²) < 4.78 is 0. The molecule has 1 rings (SSSR count). The molecule has 0 aliphatic heterocycles. The van der Waals surface area contributed by atoms with Gasteiger partial charge in [-0.05, 0) is 43.5 Å². The first kappa shape index (κ1) is 14.2. The van der Waals surface area contributed by atoms with Gasteiger partial charge in [-0.25, -0.2) is 0 Å². The first-order valence-electron chi connectivity index (χ1n) is 6.40. The zero-order valence-corrected chi connectivity index (χ0v) is 11.7. The molecule has 0 bridgehead atoms. The van der Waals surface area contributed by atoms with Crippen LogP contribution in [0.2, 0.25) is 5.02 Å². The Hall–Kier alpha value is -0.820. The van der Waals surface area contributed by atoms with Crippen molar-refractivity contribution in [3.63, 3.8) is 0 Å². The Morgan fingerprint density at radius 2 is 2.06 bits per heavy atom. The molecule has 94 valence electrons. The van der Waals surface area contributed by atoms with E-state index in [9.17, 15) is 4.79 Å². The van der Waals surface area contributed by atoms with Crippen LogP contribution in [-0.2, 0) is 0 Å². The highest BCUT2D eigenvalue weighted by molar-refractivity contribution is 6.31. The Bertz CT molecular complexity index is 385. The average molecular weight is 253 g/mol. The van der Waals surface area contributed by atoms with E-state index in [-0.39, 0.29) is 11.7 Å². The summed E-state index contributed by atoms with van der Waals surface area (Å²) in [6.45, 7) is 6.18. The van der Waals surface area contributed by atoms with Crippen LogP contribution in [0.4, 0.5) is 0 Å². The van der Waals surface area contributed by atoms with E-state index in [1.807, 2.05) is 25.1 Å². The summed E-state index contributed by atoms with van der Waals surface area (Å²) in [5, 5.41) is 0.725. The summed E-state index contributed by atoms with van der Waals surface area (Å²) in [7, 11) is 0. The van der Waals surface area contributed by atoms with Crippen molar-refractivity contribution in [2.24, 2.45) is 5.92 Å². The monoisotopic (exact) mass is 252 g/mol. The molecule has 1 nitrogen and oxygen atoms in total. The minimum absolute atomic E-state index is 0.163. The Labute approximate surface area is 109 Å². The average Bonchev–Trinajstić information content (AvgIpc) is 2.33. The number of halogens is 1. The first-order chi connectivity index (χ1) is 8.10. The topological polar surface area (TPSA) is 17.1 Å². The number of rotatable bonds is 6. The lowest BCUT2D eigenvalue weighted by Crippen LogP contribution is -2.14. The highest BCUT2D eigenvalue weighted by atomic mass is 35.5. The predicted molar refractivity (Wildman–Crippen MR) is 73.8 cm³/mol. The van der Waals surface area contributed by atoms with Gasteiger partial charge in [-0.3, -0.25) is 4.79 Å². The summed E-state index contributed by atoms with van der Waals surface area (Å²) in [4.78, 5) is 12.3. The summed E-state index contributed by atoms with van der Waals surface area (Å²) >= 11 is 5.97. The second kappa shape index (κ2) is 6.80. The third kappa shape index (κ3) is 3.85. The standard InChI is InChI=1S/C15H21ClO/c1-4-6-7-12(5-2)15(17)13-8-9-14(16)11(3)10-13/h8-10,12H,4-7H2,1-3H3. The fraction of sp³-hybridized carbons (Fsp3) is 0.533. The van der Waals surface area contributed by atoms with E-state index < -0.39 is 0 Å². The number of carbonyl (C=O) groups is 1. The van der Waals surface area contributed by atoms with Crippen molar-refractivity contribution >= 4 is 17.4 Å². The Balaban J connectivity index is 2.82. The minimum atomic E-state index is 0.163. The fourth-order valence-corrected chi connectivity index (χ4v) is 2.12. The third-order valence-corrected chi connectivity index (χ3v) is 3.64. The van der Waals surface area contributed by atoms with Gasteiger partial charge in [0.2, 0.25) is 0 Å². The van der Waals surface area contributed by atoms with Crippen molar-refractivity contribution in [2.75, 3.05) is 0 Å². The molecule has 0 saturated heterocycles. The molecular formula is C15H21ClO. The molecule has 1 atom stereocenters. The molecule has 0 heterocycles. The van der Waals surface area contributed by atoms with E-state index in [1.165, 1.54) is 0 Å². The molecule has 1 aromatic carbocycles. The molecule has 0 aliphatic carbocycles. The minimum Gasteiger partial charge on any atom is -0.294 e. The largest absolute Gasteiger partial charge is 0.294 e. The van der Waals surface area contributed by atoms with Gasteiger partial charge in [0, 0.05) is 16.5 Å². The van der Waals surface area contributed by atoms with Crippen molar-refractivity contribution in [2.45, 2.75) is 46.5 Å². The SMILES string of the molecule is CCCCC(CC)C(=O)c1ccc(Cl)c(C)c1. The van der Waals surface area contributed by atoms with Gasteiger partial charge in [-0.15, -0.1) is 0 Å². The van der Waals surface area contributed by atoms with Gasteiger partial charge in [0.15, 0.2) is 5.78 Å². The van der Waals surface area contributed by atoms with Gasteiger partial charge >= 0.3 is 0 Å². The maximum absolute atomic E-state index is 12.3. The number of Topliss-reactive ketones (excluding diaryl/α,β-unsaturated/α-hetero) is 1. The maximum Gasteiger partial charge on any atom is 0.165 e. The van der Waals surface area contributed by atoms with Gasteiger partial charge in [0.05, 0.1) is 0 Å². The number of hydrogen-bond acceptors (Lipinski definition) is 1. The summed E-state index contributed by atoms with van der Waals surface area (Å²) in [6, 6.07) is 5.56. The molecule has 0 fully saturated rings. The van der Waals surface area contributed by atoms with Crippen molar-refractivity contribution in [3.8, 4) is 0 Å². The molecule has 0 aromatic heterocycles. The predicted octanol–water partition coefficient (Wildman–Crippen LogP) is 5.05. The maximum atomic E-state index is 12.3. The molecule has 1 unspecified atom stereocenters. The molecule has 0 radical (unpaired) electrons. The molecule has 0 amide bonds. The van der Waals surface area contributed by atoms with Crippen LogP contribution >= 0.6 is 11.6 Å². The van der Waals surface area contributed by atoms with Gasteiger partial charge in [-0.2, -0.15) is 0 Å². The van der Waals surface area contributed by atoms with Crippen LogP contribution in [0.3, 0.4) is 0 Å². The van der Waals surface area contributed by atoms with Crippen LogP contribution in [0.5, 0.6) is 0 Å². The molecule has 0 N–H and O–H groups in total. The Morgan fingerprint density at radius 3 is 2.59 bits per heavy atom. The van der Waals surface area contributed by atoms with Gasteiger partial charge in [0.25, 0.3) is 0 Å². The highest BCUT2D eigenvalue weighted by Gasteiger charge is 2.17. The van der Waals surface area contributed by atoms with Crippen LogP contribution in [0.1, 0.15) is 55.5 Å². The van der Waals surface area contributed by atoms with Crippen LogP contribution < -0.4 is 0 Å². The van der Waals surface area contributed by atoms with Crippen LogP contribution in [0.25, 0.3) is 0 Å². The number of carbonyl (C=O) groups excluding carboxylic acids is 1. The molecule has 0 aliphatic rings. The lowest BCUT2D eigenvalue weighted by Gasteiger charge is -2.13. The number of aryl methyl sites for hydroxylation is 1. The summed E-state index contributed by atoms with van der Waals surface area (Å²) in [6.07, 6.45) is 4.17. The number of ketones is 1. The molecular weight excluding hydrogens is 232 g/mol. The zero-order chi connectivity index (χ0) is 12.8. The Kier molecular flexibility index (Phi) is 5.70. The second-order valence-electron chi connectivity index (χ2n) is 4.58. The van der Waals surface area contributed by atoms with Crippen molar-refractivity contribution in [1.82, 2.24) is 0 Å². The third-order valence-electron chi connectivity index (χ3n) is 3.21. The van der Waals surface area contributed by atoms with Gasteiger partial charge < -0.3 is 0 Å². The van der Waals surface area contributed by atoms with Crippen molar-refractivity contribution < 1.29 is 4.79 Å². The quantitative estimate of drug-likeness (QED) is 0.648. The van der Waals surface area contributed by atoms with E-state index >= 15 is 0 Å². The van der Waals surface area contributed by atoms with Gasteiger partial charge in [-0.1, -0.05) is 38.3 Å². The van der Waals surface area contributed by atoms with Crippen LogP contribution in [0, 0.1) is 12.8 Å². The molecule has 1 aromatic rings. The fourth-order valence-electron chi connectivity index (χ4n) is 2.00. The molecule has 0 saturated carbocycles. The van der Waals surface area contributed by atoms with Crippen LogP contribution in [0.15, 0.2) is 18.2 Å². The second-order valence-corrected chi connectivity index (χ2v) is 4.98. The Morgan fingerprint density at radius 1 is 1.35 bits per heavy atom. The van der Waals surface area contributed by atoms with Crippen LogP contribution in [-0.4, -0.2) is 5.78 Å². The van der Waals surface area contributed by atoms with E-state index in [2.05, 4.69) is 13.8 Å². The van der Waals surface area contributed by atoms with Crippen molar-refractivity contribution in [3.05, 3.63) is 34.3 Å². The van der Waals surface area contributed by atoms with E-state index in [0.717, 1.165) is 41.8 Å². The molecule has 2 heteroatoms. The number of benzene rings is 1. The molecule has 17 heavy (non-hydrogen) atoms. The smallest absolute Gasteiger partial charge is 0.165 e. The highest BCUT2D eigenvalue weighted by Crippen LogP contribution is 2.22. The zero-order valence-electron chi connectivity index (χ0n) is 10.9. The van der Waals surface area contributed by atoms with Gasteiger partial charge in [0.1, 0.15) is 0 Å². The summed E-state index contributed by atoms with van der Waals surface area (Å²) in [5.74, 6) is 0.427. The van der Waals surface area contributed by atoms with E-state index in [4.69, 9.17) is 11.6 Å². The molecule has 0 spiro atoms.